The summed E-state index contributed by atoms with van der Waals surface area (Å²) in [6.07, 6.45) is 0. The zero-order valence-electron chi connectivity index (χ0n) is 6.60. The zero-order chi connectivity index (χ0) is 10.1. The van der Waals surface area contributed by atoms with Crippen LogP contribution in [0.5, 0.6) is 0 Å². The van der Waals surface area contributed by atoms with Gasteiger partial charge in [-0.3, -0.25) is 0 Å². The molecule has 2 aromatic rings. The molecule has 0 atom stereocenters. The van der Waals surface area contributed by atoms with Crippen molar-refractivity contribution in [3.05, 3.63) is 20.8 Å². The van der Waals surface area contributed by atoms with Gasteiger partial charge in [-0.2, -0.15) is 4.98 Å². The molecule has 0 amide bonds. The summed E-state index contributed by atoms with van der Waals surface area (Å²) in [6.45, 7) is 0. The summed E-state index contributed by atoms with van der Waals surface area (Å²) in [5, 5.41) is 13.8. The van der Waals surface area contributed by atoms with Crippen molar-refractivity contribution in [2.75, 3.05) is 0 Å². The number of hydrogen-bond donors (Lipinski definition) is 1. The minimum absolute atomic E-state index is 0.252. The molecule has 0 saturated carbocycles. The van der Waals surface area contributed by atoms with Gasteiger partial charge in [-0.25, -0.2) is 4.79 Å². The van der Waals surface area contributed by atoms with Crippen molar-refractivity contribution in [1.29, 1.82) is 0 Å². The van der Waals surface area contributed by atoms with Gasteiger partial charge in [0.1, 0.15) is 4.88 Å². The van der Waals surface area contributed by atoms with Gasteiger partial charge in [0.2, 0.25) is 0 Å². The van der Waals surface area contributed by atoms with E-state index in [4.69, 9.17) is 9.63 Å². The predicted molar refractivity (Wildman–Crippen MR) is 57.3 cm³/mol. The first-order valence-corrected chi connectivity index (χ1v) is 5.44. The molecule has 0 aromatic carbocycles. The minimum atomic E-state index is -1.19. The summed E-state index contributed by atoms with van der Waals surface area (Å²) in [5.41, 5.74) is 0. The van der Waals surface area contributed by atoms with Crippen LogP contribution in [0.4, 0.5) is 0 Å². The van der Waals surface area contributed by atoms with Gasteiger partial charge in [0.25, 0.3) is 11.7 Å². The average molecular weight is 322 g/mol. The number of nitrogens with zero attached hydrogens (tertiary/aromatic N) is 2. The molecule has 0 bridgehead atoms. The first kappa shape index (κ1) is 9.59. The molecule has 0 aliphatic heterocycles. The van der Waals surface area contributed by atoms with Crippen molar-refractivity contribution < 1.29 is 14.4 Å². The van der Waals surface area contributed by atoms with Crippen molar-refractivity contribution in [2.24, 2.45) is 0 Å². The molecule has 0 unspecified atom stereocenters. The maximum absolute atomic E-state index is 10.5. The second kappa shape index (κ2) is 3.65. The lowest BCUT2D eigenvalue weighted by molar-refractivity contribution is 0.0680. The Morgan fingerprint density at radius 2 is 2.43 bits per heavy atom. The molecule has 2 aromatic heterocycles. The largest absolute Gasteiger partial charge is 0.475 e. The minimum Gasteiger partial charge on any atom is -0.475 e. The topological polar surface area (TPSA) is 76.2 Å². The third kappa shape index (κ3) is 1.64. The standard InChI is InChI=1S/C7H3IN2O3S/c8-3-1-2-14-4(3)6-9-5(7(11)12)10-13-6/h1-2H,(H,11,12). The van der Waals surface area contributed by atoms with Crippen molar-refractivity contribution in [3.63, 3.8) is 0 Å². The van der Waals surface area contributed by atoms with E-state index in [2.05, 4.69) is 32.7 Å². The van der Waals surface area contributed by atoms with Gasteiger partial charge in [-0.1, -0.05) is 0 Å². The predicted octanol–water partition coefficient (Wildman–Crippen LogP) is 2.10. The maximum Gasteiger partial charge on any atom is 0.377 e. The number of carboxylic acid groups (broad SMARTS) is 1. The van der Waals surface area contributed by atoms with Gasteiger partial charge in [-0.05, 0) is 39.2 Å². The van der Waals surface area contributed by atoms with Crippen LogP contribution < -0.4 is 0 Å². The molecule has 5 nitrogen and oxygen atoms in total. The van der Waals surface area contributed by atoms with E-state index in [9.17, 15) is 4.79 Å². The highest BCUT2D eigenvalue weighted by Gasteiger charge is 2.16. The molecule has 1 N–H and O–H groups in total. The summed E-state index contributed by atoms with van der Waals surface area (Å²) in [6, 6.07) is 1.89. The molecule has 0 fully saturated rings. The van der Waals surface area contributed by atoms with E-state index < -0.39 is 5.97 Å². The molecule has 7 heteroatoms. The number of aromatic nitrogens is 2. The van der Waals surface area contributed by atoms with Crippen LogP contribution in [-0.4, -0.2) is 21.2 Å². The highest BCUT2D eigenvalue weighted by Crippen LogP contribution is 2.28. The van der Waals surface area contributed by atoms with Crippen molar-refractivity contribution in [3.8, 4) is 10.8 Å². The molecule has 2 heterocycles. The van der Waals surface area contributed by atoms with E-state index in [0.29, 0.717) is 0 Å². The average Bonchev–Trinajstić information content (AvgIpc) is 2.71. The second-order valence-corrected chi connectivity index (χ2v) is 4.40. The van der Waals surface area contributed by atoms with Crippen LogP contribution in [0.15, 0.2) is 16.0 Å². The number of carboxylic acids is 1. The summed E-state index contributed by atoms with van der Waals surface area (Å²) in [4.78, 5) is 15.0. The fourth-order valence-electron chi connectivity index (χ4n) is 0.849. The molecular weight excluding hydrogens is 319 g/mol. The van der Waals surface area contributed by atoms with Crippen LogP contribution in [0, 0.1) is 3.57 Å². The van der Waals surface area contributed by atoms with E-state index in [0.717, 1.165) is 8.45 Å². The molecule has 0 saturated heterocycles. The van der Waals surface area contributed by atoms with Crippen molar-refractivity contribution in [2.45, 2.75) is 0 Å². The molecule has 72 valence electrons. The van der Waals surface area contributed by atoms with E-state index >= 15 is 0 Å². The summed E-state index contributed by atoms with van der Waals surface area (Å²) < 4.78 is 5.78. The third-order valence-corrected chi connectivity index (χ3v) is 3.60. The SMILES string of the molecule is O=C(O)c1noc(-c2sccc2I)n1. The number of hydrogen-bond acceptors (Lipinski definition) is 5. The van der Waals surface area contributed by atoms with Gasteiger partial charge >= 0.3 is 5.97 Å². The smallest absolute Gasteiger partial charge is 0.377 e. The highest BCUT2D eigenvalue weighted by molar-refractivity contribution is 14.1. The van der Waals surface area contributed by atoms with Gasteiger partial charge in [0, 0.05) is 3.57 Å². The molecule has 0 spiro atoms. The van der Waals surface area contributed by atoms with E-state index in [1.165, 1.54) is 11.3 Å². The molecule has 2 rings (SSSR count). The third-order valence-electron chi connectivity index (χ3n) is 1.43. The Morgan fingerprint density at radius 3 is 2.93 bits per heavy atom. The summed E-state index contributed by atoms with van der Waals surface area (Å²) in [5.74, 6) is -1.25. The Bertz CT molecular complexity index is 479. The fraction of sp³-hybridized carbons (Fsp3) is 0. The first-order valence-electron chi connectivity index (χ1n) is 3.49. The quantitative estimate of drug-likeness (QED) is 0.857. The second-order valence-electron chi connectivity index (χ2n) is 2.33. The van der Waals surface area contributed by atoms with Crippen LogP contribution in [0.25, 0.3) is 10.8 Å². The highest BCUT2D eigenvalue weighted by atomic mass is 127. The van der Waals surface area contributed by atoms with Crippen LogP contribution in [0.3, 0.4) is 0 Å². The Kier molecular flexibility index (Phi) is 2.50. The maximum atomic E-state index is 10.5. The van der Waals surface area contributed by atoms with E-state index in [1.54, 1.807) is 0 Å². The normalized spacial score (nSPS) is 10.4. The van der Waals surface area contributed by atoms with E-state index in [1.807, 2.05) is 11.4 Å². The lowest BCUT2D eigenvalue weighted by Crippen LogP contribution is -1.98. The number of halogens is 1. The Balaban J connectivity index is 2.43. The van der Waals surface area contributed by atoms with Gasteiger partial charge in [-0.15, -0.1) is 11.3 Å². The lowest BCUT2D eigenvalue weighted by atomic mass is 10.5. The summed E-state index contributed by atoms with van der Waals surface area (Å²) >= 11 is 3.55. The number of carbonyl (C=O) groups is 1. The van der Waals surface area contributed by atoms with Crippen molar-refractivity contribution in [1.82, 2.24) is 10.1 Å². The number of rotatable bonds is 2. The first-order chi connectivity index (χ1) is 6.68. The van der Waals surface area contributed by atoms with Crippen LogP contribution in [0.1, 0.15) is 10.6 Å². The van der Waals surface area contributed by atoms with Crippen LogP contribution in [-0.2, 0) is 0 Å². The monoisotopic (exact) mass is 322 g/mol. The Hall–Kier alpha value is -0.960. The van der Waals surface area contributed by atoms with E-state index in [-0.39, 0.29) is 11.7 Å². The van der Waals surface area contributed by atoms with Crippen LogP contribution in [0.2, 0.25) is 0 Å². The Morgan fingerprint density at radius 1 is 1.64 bits per heavy atom. The molecule has 14 heavy (non-hydrogen) atoms. The number of aromatic carboxylic acids is 1. The zero-order valence-corrected chi connectivity index (χ0v) is 9.57. The van der Waals surface area contributed by atoms with Gasteiger partial charge in [0.05, 0.1) is 0 Å². The summed E-state index contributed by atoms with van der Waals surface area (Å²) in [7, 11) is 0. The molecule has 0 aliphatic carbocycles. The van der Waals surface area contributed by atoms with Gasteiger partial charge < -0.3 is 9.63 Å². The fourth-order valence-corrected chi connectivity index (χ4v) is 2.59. The molecular formula is C7H3IN2O3S. The lowest BCUT2D eigenvalue weighted by Gasteiger charge is -1.86. The van der Waals surface area contributed by atoms with Gasteiger partial charge in [0.15, 0.2) is 0 Å². The number of thiophene rings is 1. The van der Waals surface area contributed by atoms with Crippen molar-refractivity contribution >= 4 is 39.9 Å². The van der Waals surface area contributed by atoms with Crippen LogP contribution >= 0.6 is 33.9 Å². The molecule has 0 radical (unpaired) electrons. The molecule has 0 aliphatic rings. The Labute approximate surface area is 95.9 Å².